The van der Waals surface area contributed by atoms with Crippen molar-refractivity contribution < 1.29 is 92.5 Å². The Morgan fingerprint density at radius 2 is 0.630 bits per heavy atom. The van der Waals surface area contributed by atoms with Crippen molar-refractivity contribution in [1.29, 1.82) is 0 Å². The minimum absolute atomic E-state index is 0. The number of ether oxygens (including phenoxy) is 4. The van der Waals surface area contributed by atoms with Gasteiger partial charge in [-0.25, -0.2) is 67.5 Å². The summed E-state index contributed by atoms with van der Waals surface area (Å²) in [6.45, 7) is -1.79. The number of benzene rings is 4. The molecule has 8 bridgehead atoms. The zero-order valence-electron chi connectivity index (χ0n) is 42.8. The van der Waals surface area contributed by atoms with Crippen LogP contribution in [0.15, 0.2) is 92.4 Å². The minimum Gasteiger partial charge on any atom is -0.394 e. The topological polar surface area (TPSA) is 408 Å². The fourth-order valence-electron chi connectivity index (χ4n) is 8.24. The standard InChI is InChI=1S/C48H52N12O16S4.Zn/c61-13-21-73-17-9-49-77(65,66)29-1-5-33-37(25-29)45-53-41(33)57-46-38-26-30(78(67,68)50-10-18-74-22-14-62)2-6-34(38)43(54-46)59-48-40-28-32(80(71,72)52-12-20-76-24-16-64)4-8-36(40)44(56-48)60-47-39-27-31(3-7-35(39)42(55-47)58-45)79(69,70)51-11-19-75-23-15-63;/h1-8,25-28,49-52,61-64H,9-24H2;/q-2;+2. The number of nitrogens with one attached hydrogen (secondary N) is 4. The molecule has 0 atom stereocenters. The van der Waals surface area contributed by atoms with E-state index in [2.05, 4.69) is 18.9 Å². The molecule has 81 heavy (non-hydrogen) atoms. The number of hydrogen-bond acceptors (Lipinski definition) is 22. The molecule has 0 unspecified atom stereocenters. The summed E-state index contributed by atoms with van der Waals surface area (Å²) in [5.74, 6) is -0.353. The Labute approximate surface area is 476 Å². The van der Waals surface area contributed by atoms with Gasteiger partial charge in [-0.15, -0.1) is 0 Å². The summed E-state index contributed by atoms with van der Waals surface area (Å²) in [7, 11) is -16.9. The van der Waals surface area contributed by atoms with Crippen LogP contribution in [0.5, 0.6) is 0 Å². The van der Waals surface area contributed by atoms with E-state index in [0.29, 0.717) is 0 Å². The number of nitrogens with zero attached hydrogens (tertiary/aromatic N) is 8. The summed E-state index contributed by atoms with van der Waals surface area (Å²) < 4.78 is 141. The molecule has 0 fully saturated rings. The minimum atomic E-state index is -4.22. The summed E-state index contributed by atoms with van der Waals surface area (Å²) in [5.41, 5.74) is 0.446. The van der Waals surface area contributed by atoms with Crippen LogP contribution in [0.2, 0.25) is 0 Å². The molecule has 2 aliphatic rings. The zero-order chi connectivity index (χ0) is 56.7. The van der Waals surface area contributed by atoms with Crippen molar-refractivity contribution in [3.8, 4) is 45.6 Å². The second kappa shape index (κ2) is 26.6. The number of fused-ring (bicyclic) bond motifs is 20. The summed E-state index contributed by atoms with van der Waals surface area (Å²) in [5, 5.41) is 37.2. The zero-order valence-corrected chi connectivity index (χ0v) is 49.1. The first-order valence-electron chi connectivity index (χ1n) is 24.5. The molecule has 5 heterocycles. The van der Waals surface area contributed by atoms with Gasteiger partial charge in [-0.2, -0.15) is 0 Å². The van der Waals surface area contributed by atoms with Crippen molar-refractivity contribution in [2.45, 2.75) is 19.6 Å². The van der Waals surface area contributed by atoms with Crippen LogP contribution in [-0.2, 0) is 78.5 Å². The van der Waals surface area contributed by atoms with Crippen LogP contribution < -0.4 is 28.9 Å². The van der Waals surface area contributed by atoms with Gasteiger partial charge in [0.05, 0.1) is 111 Å². The van der Waals surface area contributed by atoms with E-state index in [-0.39, 0.29) is 234 Å². The Morgan fingerprint density at radius 1 is 0.346 bits per heavy atom. The molecule has 0 amide bonds. The van der Waals surface area contributed by atoms with Crippen molar-refractivity contribution in [2.75, 3.05) is 105 Å². The van der Waals surface area contributed by atoms with Gasteiger partial charge in [0, 0.05) is 71.0 Å². The van der Waals surface area contributed by atoms with Gasteiger partial charge >= 0.3 is 19.5 Å². The van der Waals surface area contributed by atoms with E-state index in [1.54, 1.807) is 0 Å². The van der Waals surface area contributed by atoms with Gasteiger partial charge in [0.15, 0.2) is 11.6 Å². The second-order valence-electron chi connectivity index (χ2n) is 17.2. The van der Waals surface area contributed by atoms with Gasteiger partial charge in [-0.05, 0) is 76.1 Å². The predicted octanol–water partition coefficient (Wildman–Crippen LogP) is -0.726. The predicted molar refractivity (Wildman–Crippen MR) is 286 cm³/mol. The van der Waals surface area contributed by atoms with Crippen LogP contribution in [0.25, 0.3) is 89.7 Å². The molecule has 0 spiro atoms. The maximum absolute atomic E-state index is 13.7. The van der Waals surface area contributed by atoms with Crippen LogP contribution in [0.3, 0.4) is 0 Å². The fraction of sp³-hybridized carbons (Fsp3) is 0.333. The second-order valence-corrected chi connectivity index (χ2v) is 24.3. The number of sulfonamides is 4. The Balaban J connectivity index is 0.00000860. The third kappa shape index (κ3) is 14.0. The number of aliphatic hydroxyl groups is 4. The number of hydrogen-bond donors (Lipinski definition) is 8. The van der Waals surface area contributed by atoms with Crippen LogP contribution in [0.1, 0.15) is 0 Å². The van der Waals surface area contributed by atoms with Crippen LogP contribution in [-0.4, -0.2) is 189 Å². The largest absolute Gasteiger partial charge is 2.00 e. The van der Waals surface area contributed by atoms with Crippen molar-refractivity contribution in [1.82, 2.24) is 58.8 Å². The van der Waals surface area contributed by atoms with Gasteiger partial charge in [0.2, 0.25) is 40.1 Å². The molecule has 0 saturated carbocycles. The van der Waals surface area contributed by atoms with Crippen molar-refractivity contribution in [3.05, 3.63) is 72.8 Å². The van der Waals surface area contributed by atoms with Crippen molar-refractivity contribution >= 4 is 84.2 Å². The molecule has 7 aromatic rings. The molecule has 0 aliphatic carbocycles. The summed E-state index contributed by atoms with van der Waals surface area (Å²) in [4.78, 5) is 37.6. The molecule has 28 nitrogen and oxygen atoms in total. The monoisotopic (exact) mass is 1240 g/mol. The third-order valence-electron chi connectivity index (χ3n) is 11.9. The molecular weight excluding hydrogens is 1190 g/mol. The molecule has 33 heteroatoms. The Bertz CT molecular complexity index is 4100. The molecule has 9 rings (SSSR count). The molecule has 0 radical (unpaired) electrons. The molecule has 426 valence electrons. The van der Waals surface area contributed by atoms with Crippen molar-refractivity contribution in [3.63, 3.8) is 0 Å². The third-order valence-corrected chi connectivity index (χ3v) is 17.8. The first-order chi connectivity index (χ1) is 38.5. The Morgan fingerprint density at radius 3 is 1.00 bits per heavy atom. The van der Waals surface area contributed by atoms with Gasteiger partial charge in [-0.1, -0.05) is 18.2 Å². The number of aromatic nitrogens is 8. The Kier molecular flexibility index (Phi) is 20.1. The smallest absolute Gasteiger partial charge is 0.394 e. The maximum Gasteiger partial charge on any atom is 2.00 e. The van der Waals surface area contributed by atoms with Gasteiger partial charge in [0.1, 0.15) is 0 Å². The van der Waals surface area contributed by atoms with E-state index < -0.39 is 40.1 Å². The van der Waals surface area contributed by atoms with E-state index in [0.717, 1.165) is 0 Å². The SMILES string of the molecule is O=S(=O)(NCCOCCO)c1ccc2c(c1)-c1nc3nc(nc4[n-]c(nc5[n-]c(nc-2n1)c1cc(S(=O)(=O)NCCOCCO)ccc51)c1cc(S(=O)(=O)NCCOCCO)ccc41)-c1cc(S(=O)(=O)NCCOCCO)ccc1-3.[Zn+2]. The van der Waals surface area contributed by atoms with Crippen LogP contribution in [0.4, 0.5) is 0 Å². The quantitative estimate of drug-likeness (QED) is 0.0221. The summed E-state index contributed by atoms with van der Waals surface area (Å²) in [6.07, 6.45) is 0. The van der Waals surface area contributed by atoms with E-state index >= 15 is 0 Å². The first kappa shape index (κ1) is 61.3. The molecule has 2 aliphatic heterocycles. The average molecular weight is 1250 g/mol. The van der Waals surface area contributed by atoms with E-state index in [9.17, 15) is 33.7 Å². The molecular formula is C48H52N12O16S4Zn. The molecule has 8 N–H and O–H groups in total. The molecule has 0 saturated heterocycles. The van der Waals surface area contributed by atoms with E-state index in [1.165, 1.54) is 72.8 Å². The van der Waals surface area contributed by atoms with E-state index in [4.69, 9.17) is 79.2 Å². The van der Waals surface area contributed by atoms with Gasteiger partial charge in [0.25, 0.3) is 0 Å². The normalized spacial score (nSPS) is 12.7. The maximum atomic E-state index is 13.7. The van der Waals surface area contributed by atoms with Crippen LogP contribution in [0, 0.1) is 0 Å². The Hall–Kier alpha value is -5.82. The van der Waals surface area contributed by atoms with Crippen molar-refractivity contribution in [2.24, 2.45) is 0 Å². The van der Waals surface area contributed by atoms with Gasteiger partial charge in [-0.3, -0.25) is 0 Å². The first-order valence-corrected chi connectivity index (χ1v) is 30.4. The number of aliphatic hydroxyl groups excluding tert-OH is 4. The summed E-state index contributed by atoms with van der Waals surface area (Å²) >= 11 is 0. The van der Waals surface area contributed by atoms with Gasteiger partial charge < -0.3 is 64.3 Å². The average Bonchev–Trinajstić information content (AvgIpc) is 4.40. The molecule has 3 aromatic heterocycles. The molecule has 4 aromatic carbocycles. The summed E-state index contributed by atoms with van der Waals surface area (Å²) in [6, 6.07) is 16.3. The fourth-order valence-corrected chi connectivity index (χ4v) is 12.4. The van der Waals surface area contributed by atoms with E-state index in [1.807, 2.05) is 0 Å². The van der Waals surface area contributed by atoms with Crippen LogP contribution >= 0.6 is 0 Å². The number of rotatable bonds is 28.